The van der Waals surface area contributed by atoms with Crippen molar-refractivity contribution in [3.63, 3.8) is 0 Å². The Labute approximate surface area is 118 Å². The normalized spacial score (nSPS) is 17.3. The maximum atomic E-state index is 12.5. The highest BCUT2D eigenvalue weighted by atomic mass is 16.3. The monoisotopic (exact) mass is 267 g/mol. The molecule has 2 N–H and O–H groups in total. The van der Waals surface area contributed by atoms with Gasteiger partial charge in [-0.05, 0) is 42.5 Å². The predicted molar refractivity (Wildman–Crippen MR) is 78.9 cm³/mol. The van der Waals surface area contributed by atoms with E-state index in [0.717, 1.165) is 24.8 Å². The second kappa shape index (κ2) is 5.37. The van der Waals surface area contributed by atoms with Crippen LogP contribution in [0.3, 0.4) is 0 Å². The zero-order valence-corrected chi connectivity index (χ0v) is 11.2. The fourth-order valence-corrected chi connectivity index (χ4v) is 2.83. The van der Waals surface area contributed by atoms with Crippen LogP contribution in [-0.4, -0.2) is 11.0 Å². The molecule has 1 aliphatic carbocycles. The summed E-state index contributed by atoms with van der Waals surface area (Å²) in [6, 6.07) is 14.9. The van der Waals surface area contributed by atoms with Gasteiger partial charge in [0.1, 0.15) is 5.75 Å². The number of phenolic OH excluding ortho intramolecular Hbond substituents is 1. The number of hydrogen-bond donors (Lipinski definition) is 2. The average molecular weight is 267 g/mol. The average Bonchev–Trinajstić information content (AvgIpc) is 2.49. The van der Waals surface area contributed by atoms with Crippen LogP contribution in [0.5, 0.6) is 5.75 Å². The first-order valence-electron chi connectivity index (χ1n) is 6.92. The van der Waals surface area contributed by atoms with Gasteiger partial charge in [-0.1, -0.05) is 36.4 Å². The summed E-state index contributed by atoms with van der Waals surface area (Å²) in [4.78, 5) is 12.5. The summed E-state index contributed by atoms with van der Waals surface area (Å²) >= 11 is 0. The molecule has 0 aliphatic heterocycles. The van der Waals surface area contributed by atoms with Gasteiger partial charge in [-0.15, -0.1) is 0 Å². The fraction of sp³-hybridized carbons (Fsp3) is 0.235. The fourth-order valence-electron chi connectivity index (χ4n) is 2.83. The van der Waals surface area contributed by atoms with Crippen LogP contribution < -0.4 is 5.32 Å². The molecular formula is C17H17NO2. The highest BCUT2D eigenvalue weighted by Crippen LogP contribution is 2.33. The zero-order valence-electron chi connectivity index (χ0n) is 11.2. The maximum Gasteiger partial charge on any atom is 0.232 e. The van der Waals surface area contributed by atoms with E-state index in [4.69, 9.17) is 0 Å². The van der Waals surface area contributed by atoms with Crippen LogP contribution in [0.25, 0.3) is 0 Å². The number of amides is 1. The van der Waals surface area contributed by atoms with E-state index >= 15 is 0 Å². The third kappa shape index (κ3) is 2.39. The lowest BCUT2D eigenvalue weighted by molar-refractivity contribution is -0.117. The molecule has 0 spiro atoms. The molecule has 0 radical (unpaired) electrons. The first kappa shape index (κ1) is 12.7. The van der Waals surface area contributed by atoms with Crippen LogP contribution in [0.1, 0.15) is 29.9 Å². The molecule has 1 amide bonds. The minimum atomic E-state index is -0.125. The van der Waals surface area contributed by atoms with Crippen molar-refractivity contribution in [1.29, 1.82) is 0 Å². The van der Waals surface area contributed by atoms with Gasteiger partial charge in [-0.2, -0.15) is 0 Å². The van der Waals surface area contributed by atoms with Crippen LogP contribution in [-0.2, 0) is 11.2 Å². The van der Waals surface area contributed by atoms with Gasteiger partial charge in [-0.3, -0.25) is 4.79 Å². The molecule has 1 aliphatic rings. The molecule has 20 heavy (non-hydrogen) atoms. The van der Waals surface area contributed by atoms with E-state index in [0.29, 0.717) is 5.69 Å². The number of fused-ring (bicyclic) bond motifs is 1. The summed E-state index contributed by atoms with van der Waals surface area (Å²) in [7, 11) is 0. The number of para-hydroxylation sites is 2. The Kier molecular flexibility index (Phi) is 3.42. The van der Waals surface area contributed by atoms with Crippen molar-refractivity contribution in [2.24, 2.45) is 0 Å². The van der Waals surface area contributed by atoms with Crippen molar-refractivity contribution < 1.29 is 9.90 Å². The number of phenols is 1. The summed E-state index contributed by atoms with van der Waals surface area (Å²) in [6.07, 6.45) is 2.92. The van der Waals surface area contributed by atoms with Crippen LogP contribution in [0.15, 0.2) is 48.5 Å². The van der Waals surface area contributed by atoms with Gasteiger partial charge >= 0.3 is 0 Å². The highest BCUT2D eigenvalue weighted by molar-refractivity contribution is 5.97. The minimum absolute atomic E-state index is 0.0429. The lowest BCUT2D eigenvalue weighted by Crippen LogP contribution is -2.24. The number of aryl methyl sites for hydroxylation is 1. The number of carbonyl (C=O) groups excluding carboxylic acids is 1. The molecule has 0 fully saturated rings. The second-order valence-corrected chi connectivity index (χ2v) is 5.15. The van der Waals surface area contributed by atoms with Crippen LogP contribution in [0.4, 0.5) is 5.69 Å². The molecular weight excluding hydrogens is 250 g/mol. The SMILES string of the molecule is O=C(Nc1ccccc1O)C1CCCc2ccccc21. The number of hydrogen-bond acceptors (Lipinski definition) is 2. The number of aromatic hydroxyl groups is 1. The van der Waals surface area contributed by atoms with E-state index in [9.17, 15) is 9.90 Å². The van der Waals surface area contributed by atoms with Gasteiger partial charge in [0, 0.05) is 0 Å². The number of rotatable bonds is 2. The molecule has 0 aromatic heterocycles. The molecule has 1 unspecified atom stereocenters. The molecule has 3 rings (SSSR count). The lowest BCUT2D eigenvalue weighted by Gasteiger charge is -2.24. The van der Waals surface area contributed by atoms with Crippen molar-refractivity contribution >= 4 is 11.6 Å². The molecule has 1 atom stereocenters. The summed E-state index contributed by atoms with van der Waals surface area (Å²) < 4.78 is 0. The van der Waals surface area contributed by atoms with Gasteiger partial charge < -0.3 is 10.4 Å². The smallest absolute Gasteiger partial charge is 0.232 e. The minimum Gasteiger partial charge on any atom is -0.506 e. The van der Waals surface area contributed by atoms with Crippen molar-refractivity contribution in [1.82, 2.24) is 0 Å². The number of carbonyl (C=O) groups is 1. The standard InChI is InChI=1S/C17H17NO2/c19-16-11-4-3-10-15(16)18-17(20)14-9-5-7-12-6-1-2-8-13(12)14/h1-4,6,8,10-11,14,19H,5,7,9H2,(H,18,20). The molecule has 3 nitrogen and oxygen atoms in total. The first-order chi connectivity index (χ1) is 9.75. The predicted octanol–water partition coefficient (Wildman–Crippen LogP) is 3.45. The molecule has 0 saturated heterocycles. The molecule has 0 bridgehead atoms. The Morgan fingerprint density at radius 2 is 1.85 bits per heavy atom. The van der Waals surface area contributed by atoms with Crippen molar-refractivity contribution in [2.75, 3.05) is 5.32 Å². The van der Waals surface area contributed by atoms with Gasteiger partial charge in [0.05, 0.1) is 11.6 Å². The van der Waals surface area contributed by atoms with Gasteiger partial charge in [0.25, 0.3) is 0 Å². The summed E-state index contributed by atoms with van der Waals surface area (Å²) in [6.45, 7) is 0. The summed E-state index contributed by atoms with van der Waals surface area (Å²) in [5.41, 5.74) is 2.85. The highest BCUT2D eigenvalue weighted by Gasteiger charge is 2.26. The van der Waals surface area contributed by atoms with Crippen molar-refractivity contribution in [3.05, 3.63) is 59.7 Å². The van der Waals surface area contributed by atoms with E-state index in [1.54, 1.807) is 24.3 Å². The largest absolute Gasteiger partial charge is 0.506 e. The Hall–Kier alpha value is -2.29. The van der Waals surface area contributed by atoms with E-state index in [2.05, 4.69) is 11.4 Å². The number of anilines is 1. The Morgan fingerprint density at radius 3 is 2.70 bits per heavy atom. The molecule has 3 heteroatoms. The van der Waals surface area contributed by atoms with Gasteiger partial charge in [-0.25, -0.2) is 0 Å². The summed E-state index contributed by atoms with van der Waals surface area (Å²) in [5.74, 6) is -0.0665. The molecule has 102 valence electrons. The quantitative estimate of drug-likeness (QED) is 0.819. The van der Waals surface area contributed by atoms with Crippen LogP contribution in [0, 0.1) is 0 Å². The molecule has 0 saturated carbocycles. The molecule has 0 heterocycles. The summed E-state index contributed by atoms with van der Waals surface area (Å²) in [5, 5.41) is 12.6. The lowest BCUT2D eigenvalue weighted by atomic mass is 9.82. The topological polar surface area (TPSA) is 49.3 Å². The number of benzene rings is 2. The molecule has 2 aromatic carbocycles. The van der Waals surface area contributed by atoms with Crippen molar-refractivity contribution in [2.45, 2.75) is 25.2 Å². The van der Waals surface area contributed by atoms with Crippen LogP contribution >= 0.6 is 0 Å². The zero-order chi connectivity index (χ0) is 13.9. The Balaban J connectivity index is 1.84. The maximum absolute atomic E-state index is 12.5. The van der Waals surface area contributed by atoms with Crippen LogP contribution in [0.2, 0.25) is 0 Å². The van der Waals surface area contributed by atoms with Crippen molar-refractivity contribution in [3.8, 4) is 5.75 Å². The Bertz CT molecular complexity index is 636. The second-order valence-electron chi connectivity index (χ2n) is 5.15. The molecule has 2 aromatic rings. The van der Waals surface area contributed by atoms with E-state index in [1.165, 1.54) is 5.56 Å². The van der Waals surface area contributed by atoms with E-state index < -0.39 is 0 Å². The van der Waals surface area contributed by atoms with E-state index in [1.807, 2.05) is 18.2 Å². The third-order valence-electron chi connectivity index (χ3n) is 3.85. The number of nitrogens with one attached hydrogen (secondary N) is 1. The first-order valence-corrected chi connectivity index (χ1v) is 6.92. The Morgan fingerprint density at radius 1 is 1.10 bits per heavy atom. The van der Waals surface area contributed by atoms with Gasteiger partial charge in [0.15, 0.2) is 0 Å². The van der Waals surface area contributed by atoms with E-state index in [-0.39, 0.29) is 17.6 Å². The van der Waals surface area contributed by atoms with Gasteiger partial charge in [0.2, 0.25) is 5.91 Å². The third-order valence-corrected chi connectivity index (χ3v) is 3.85.